The summed E-state index contributed by atoms with van der Waals surface area (Å²) in [5.74, 6) is -3.15. The van der Waals surface area contributed by atoms with Crippen molar-refractivity contribution in [2.75, 3.05) is 5.73 Å². The van der Waals surface area contributed by atoms with E-state index in [0.29, 0.717) is 15.7 Å². The molecular formula is C9H5F3IN3. The summed E-state index contributed by atoms with van der Waals surface area (Å²) in [6.45, 7) is 0. The van der Waals surface area contributed by atoms with E-state index >= 15 is 0 Å². The first-order valence-corrected chi connectivity index (χ1v) is 5.22. The van der Waals surface area contributed by atoms with E-state index in [0.717, 1.165) is 4.68 Å². The molecule has 3 nitrogen and oxygen atoms in total. The van der Waals surface area contributed by atoms with Gasteiger partial charge in [-0.3, -0.25) is 0 Å². The van der Waals surface area contributed by atoms with Gasteiger partial charge in [0.15, 0.2) is 17.5 Å². The van der Waals surface area contributed by atoms with Crippen LogP contribution in [0.4, 0.5) is 19.0 Å². The van der Waals surface area contributed by atoms with Crippen molar-refractivity contribution >= 4 is 28.4 Å². The van der Waals surface area contributed by atoms with Crippen LogP contribution in [0, 0.1) is 21.0 Å². The zero-order chi connectivity index (χ0) is 11.9. The number of nitrogens with two attached hydrogens (primary N) is 1. The van der Waals surface area contributed by atoms with Crippen molar-refractivity contribution < 1.29 is 13.2 Å². The Morgan fingerprint density at radius 1 is 1.12 bits per heavy atom. The molecule has 0 aliphatic carbocycles. The van der Waals surface area contributed by atoms with Crippen molar-refractivity contribution in [1.82, 2.24) is 9.78 Å². The van der Waals surface area contributed by atoms with E-state index in [1.54, 1.807) is 0 Å². The van der Waals surface area contributed by atoms with Crippen molar-refractivity contribution in [2.24, 2.45) is 0 Å². The maximum atomic E-state index is 13.4. The van der Waals surface area contributed by atoms with Gasteiger partial charge in [-0.25, -0.2) is 17.9 Å². The second kappa shape index (κ2) is 3.96. The number of aromatic nitrogens is 2. The molecule has 0 saturated heterocycles. The van der Waals surface area contributed by atoms with Gasteiger partial charge >= 0.3 is 0 Å². The normalized spacial score (nSPS) is 10.8. The molecule has 16 heavy (non-hydrogen) atoms. The number of halogens is 4. The van der Waals surface area contributed by atoms with Gasteiger partial charge in [0.05, 0.1) is 9.77 Å². The van der Waals surface area contributed by atoms with Gasteiger partial charge in [-0.05, 0) is 22.6 Å². The van der Waals surface area contributed by atoms with Gasteiger partial charge in [0.1, 0.15) is 11.5 Å². The van der Waals surface area contributed by atoms with E-state index in [-0.39, 0.29) is 11.5 Å². The van der Waals surface area contributed by atoms with Crippen LogP contribution in [-0.4, -0.2) is 9.78 Å². The zero-order valence-electron chi connectivity index (χ0n) is 7.72. The summed E-state index contributed by atoms with van der Waals surface area (Å²) in [6, 6.07) is 1.17. The molecule has 0 amide bonds. The molecular weight excluding hydrogens is 334 g/mol. The fraction of sp³-hybridized carbons (Fsp3) is 0. The van der Waals surface area contributed by atoms with Crippen LogP contribution in [0.5, 0.6) is 0 Å². The van der Waals surface area contributed by atoms with Crippen molar-refractivity contribution in [3.8, 4) is 5.69 Å². The van der Waals surface area contributed by atoms with Crippen LogP contribution in [-0.2, 0) is 0 Å². The van der Waals surface area contributed by atoms with Gasteiger partial charge in [0.25, 0.3) is 0 Å². The zero-order valence-corrected chi connectivity index (χ0v) is 9.87. The van der Waals surface area contributed by atoms with Crippen LogP contribution in [0.25, 0.3) is 5.69 Å². The van der Waals surface area contributed by atoms with Gasteiger partial charge in [-0.15, -0.1) is 0 Å². The highest BCUT2D eigenvalue weighted by atomic mass is 127. The fourth-order valence-electron chi connectivity index (χ4n) is 1.20. The molecule has 0 aliphatic heterocycles. The number of benzene rings is 1. The van der Waals surface area contributed by atoms with Gasteiger partial charge in [-0.2, -0.15) is 5.10 Å². The van der Waals surface area contributed by atoms with Gasteiger partial charge in [0.2, 0.25) is 0 Å². The molecule has 0 radical (unpaired) electrons. The Hall–Kier alpha value is -1.25. The predicted molar refractivity (Wildman–Crippen MR) is 60.6 cm³/mol. The number of nitrogens with zero attached hydrogens (tertiary/aromatic N) is 2. The average Bonchev–Trinajstić information content (AvgIpc) is 2.54. The monoisotopic (exact) mass is 339 g/mol. The molecule has 1 aromatic heterocycles. The largest absolute Gasteiger partial charge is 0.383 e. The van der Waals surface area contributed by atoms with Crippen molar-refractivity contribution in [2.45, 2.75) is 0 Å². The average molecular weight is 339 g/mol. The van der Waals surface area contributed by atoms with Gasteiger partial charge in [0, 0.05) is 12.1 Å². The van der Waals surface area contributed by atoms with E-state index < -0.39 is 17.5 Å². The predicted octanol–water partition coefficient (Wildman–Crippen LogP) is 2.48. The lowest BCUT2D eigenvalue weighted by Gasteiger charge is -2.06. The van der Waals surface area contributed by atoms with E-state index in [4.69, 9.17) is 5.73 Å². The molecule has 2 rings (SSSR count). The topological polar surface area (TPSA) is 43.8 Å². The molecule has 0 saturated carbocycles. The molecule has 0 fully saturated rings. The Kier molecular flexibility index (Phi) is 2.78. The Bertz CT molecular complexity index is 553. The molecule has 1 aromatic carbocycles. The third kappa shape index (κ3) is 1.75. The second-order valence-corrected chi connectivity index (χ2v) is 4.17. The lowest BCUT2D eigenvalue weighted by atomic mass is 10.3. The molecule has 0 spiro atoms. The van der Waals surface area contributed by atoms with Crippen LogP contribution in [0.1, 0.15) is 0 Å². The summed E-state index contributed by atoms with van der Waals surface area (Å²) in [6.07, 6.45) is 1.40. The standard InChI is InChI=1S/C9H5F3IN3/c10-4-1-6(12)8(2-5(4)11)16-9(14)7(13)3-15-16/h1-3H,14H2. The summed E-state index contributed by atoms with van der Waals surface area (Å²) in [4.78, 5) is 0. The number of rotatable bonds is 1. The minimum Gasteiger partial charge on any atom is -0.383 e. The molecule has 2 aromatic rings. The minimum absolute atomic E-state index is 0.172. The highest BCUT2D eigenvalue weighted by Crippen LogP contribution is 2.22. The smallest absolute Gasteiger partial charge is 0.161 e. The molecule has 0 atom stereocenters. The molecule has 0 unspecified atom stereocenters. The van der Waals surface area contributed by atoms with E-state index in [1.165, 1.54) is 6.20 Å². The highest BCUT2D eigenvalue weighted by Gasteiger charge is 2.15. The van der Waals surface area contributed by atoms with Crippen molar-refractivity contribution in [3.05, 3.63) is 39.4 Å². The quantitative estimate of drug-likeness (QED) is 0.641. The number of anilines is 1. The van der Waals surface area contributed by atoms with Crippen LogP contribution in [0.2, 0.25) is 0 Å². The lowest BCUT2D eigenvalue weighted by Crippen LogP contribution is -2.06. The van der Waals surface area contributed by atoms with E-state index in [9.17, 15) is 13.2 Å². The molecule has 1 heterocycles. The first kappa shape index (κ1) is 11.2. The molecule has 0 bridgehead atoms. The fourth-order valence-corrected chi connectivity index (χ4v) is 1.56. The molecule has 84 valence electrons. The van der Waals surface area contributed by atoms with Crippen LogP contribution in [0.3, 0.4) is 0 Å². The number of nitrogen functional groups attached to an aromatic ring is 1. The van der Waals surface area contributed by atoms with Crippen molar-refractivity contribution in [3.63, 3.8) is 0 Å². The van der Waals surface area contributed by atoms with Crippen LogP contribution >= 0.6 is 22.6 Å². The Balaban J connectivity index is 2.65. The first-order chi connectivity index (χ1) is 7.50. The Morgan fingerprint density at radius 3 is 2.31 bits per heavy atom. The van der Waals surface area contributed by atoms with Crippen LogP contribution < -0.4 is 5.73 Å². The summed E-state index contributed by atoms with van der Waals surface area (Å²) < 4.78 is 40.7. The lowest BCUT2D eigenvalue weighted by molar-refractivity contribution is 0.491. The first-order valence-electron chi connectivity index (χ1n) is 4.14. The van der Waals surface area contributed by atoms with E-state index in [1.807, 2.05) is 22.6 Å². The number of hydrogen-bond acceptors (Lipinski definition) is 2. The Labute approximate surface area is 102 Å². The maximum absolute atomic E-state index is 13.4. The summed E-state index contributed by atoms with van der Waals surface area (Å²) in [5.41, 5.74) is 5.38. The summed E-state index contributed by atoms with van der Waals surface area (Å²) in [5, 5.41) is 3.77. The van der Waals surface area contributed by atoms with Crippen molar-refractivity contribution in [1.29, 1.82) is 0 Å². The second-order valence-electron chi connectivity index (χ2n) is 3.01. The molecule has 7 heteroatoms. The van der Waals surface area contributed by atoms with Gasteiger partial charge < -0.3 is 5.73 Å². The number of hydrogen-bond donors (Lipinski definition) is 1. The third-order valence-electron chi connectivity index (χ3n) is 1.98. The highest BCUT2D eigenvalue weighted by molar-refractivity contribution is 14.1. The SMILES string of the molecule is Nc1c(I)cnn1-c1cc(F)c(F)cc1F. The van der Waals surface area contributed by atoms with Crippen LogP contribution in [0.15, 0.2) is 18.3 Å². The Morgan fingerprint density at radius 2 is 1.75 bits per heavy atom. The summed E-state index contributed by atoms with van der Waals surface area (Å²) >= 11 is 1.90. The minimum atomic E-state index is -1.25. The molecule has 0 aliphatic rings. The van der Waals surface area contributed by atoms with Gasteiger partial charge in [-0.1, -0.05) is 0 Å². The maximum Gasteiger partial charge on any atom is 0.161 e. The molecule has 2 N–H and O–H groups in total. The third-order valence-corrected chi connectivity index (χ3v) is 2.81. The summed E-state index contributed by atoms with van der Waals surface area (Å²) in [7, 11) is 0. The van der Waals surface area contributed by atoms with E-state index in [2.05, 4.69) is 5.10 Å².